The molecule has 0 radical (unpaired) electrons. The van der Waals surface area contributed by atoms with Crippen molar-refractivity contribution in [1.82, 2.24) is 0 Å². The van der Waals surface area contributed by atoms with Gasteiger partial charge in [-0.1, -0.05) is 0 Å². The van der Waals surface area contributed by atoms with Gasteiger partial charge in [0.15, 0.2) is 5.75 Å². The van der Waals surface area contributed by atoms with E-state index in [1.807, 2.05) is 0 Å². The van der Waals surface area contributed by atoms with Gasteiger partial charge in [-0.25, -0.2) is 4.39 Å². The first kappa shape index (κ1) is 13.7. The van der Waals surface area contributed by atoms with Crippen LogP contribution in [0.3, 0.4) is 0 Å². The Labute approximate surface area is 102 Å². The Bertz CT molecular complexity index is 389. The first-order valence-corrected chi connectivity index (χ1v) is 5.39. The summed E-state index contributed by atoms with van der Waals surface area (Å²) in [5, 5.41) is 10.6. The molecule has 0 heterocycles. The van der Waals surface area contributed by atoms with Crippen molar-refractivity contribution in [2.75, 3.05) is 25.7 Å². The number of alkyl halides is 1. The van der Waals surface area contributed by atoms with E-state index in [2.05, 4.69) is 0 Å². The number of rotatable bonds is 7. The summed E-state index contributed by atoms with van der Waals surface area (Å²) in [6, 6.07) is 3.13. The van der Waals surface area contributed by atoms with Crippen LogP contribution in [0.25, 0.3) is 0 Å². The number of hydrogen-bond donors (Lipinski definition) is 0. The van der Waals surface area contributed by atoms with Crippen molar-refractivity contribution in [3.63, 3.8) is 0 Å². The fraction of sp³-hybridized carbons (Fsp3) is 0.400. The normalized spacial score (nSPS) is 10.2. The third-order valence-electron chi connectivity index (χ3n) is 1.82. The largest absolute Gasteiger partial charge is 0.484 e. The standard InChI is InChI=1S/C10H11ClFNO4/c11-3-4-16-5-6-17-10-2-1-8(12)7-9(10)13(14)15/h1-2,7H,3-6H2. The summed E-state index contributed by atoms with van der Waals surface area (Å²) in [5.41, 5.74) is -0.401. The highest BCUT2D eigenvalue weighted by atomic mass is 35.5. The summed E-state index contributed by atoms with van der Waals surface area (Å²) >= 11 is 5.38. The molecule has 1 aromatic rings. The lowest BCUT2D eigenvalue weighted by atomic mass is 10.3. The molecule has 0 aliphatic heterocycles. The van der Waals surface area contributed by atoms with E-state index in [-0.39, 0.29) is 19.0 Å². The number of nitro groups is 1. The summed E-state index contributed by atoms with van der Waals surface area (Å²) in [6.07, 6.45) is 0. The van der Waals surface area contributed by atoms with E-state index in [9.17, 15) is 14.5 Å². The van der Waals surface area contributed by atoms with Crippen molar-refractivity contribution < 1.29 is 18.8 Å². The lowest BCUT2D eigenvalue weighted by Gasteiger charge is -2.06. The maximum Gasteiger partial charge on any atom is 0.313 e. The van der Waals surface area contributed by atoms with Gasteiger partial charge in [-0.05, 0) is 12.1 Å². The molecule has 0 fully saturated rings. The predicted molar refractivity (Wildman–Crippen MR) is 60.1 cm³/mol. The first-order valence-electron chi connectivity index (χ1n) is 4.85. The van der Waals surface area contributed by atoms with Crippen molar-refractivity contribution in [3.05, 3.63) is 34.1 Å². The van der Waals surface area contributed by atoms with Crippen LogP contribution in [0.4, 0.5) is 10.1 Å². The van der Waals surface area contributed by atoms with Gasteiger partial charge in [0.25, 0.3) is 0 Å². The highest BCUT2D eigenvalue weighted by Crippen LogP contribution is 2.27. The molecule has 0 bridgehead atoms. The topological polar surface area (TPSA) is 61.6 Å². The smallest absolute Gasteiger partial charge is 0.313 e. The van der Waals surface area contributed by atoms with Crippen molar-refractivity contribution in [2.45, 2.75) is 0 Å². The minimum absolute atomic E-state index is 0.0193. The predicted octanol–water partition coefficient (Wildman–Crippen LogP) is 2.37. The van der Waals surface area contributed by atoms with Gasteiger partial charge >= 0.3 is 5.69 Å². The van der Waals surface area contributed by atoms with Gasteiger partial charge in [-0.3, -0.25) is 10.1 Å². The molecular weight excluding hydrogens is 253 g/mol. The average molecular weight is 264 g/mol. The van der Waals surface area contributed by atoms with Crippen LogP contribution in [-0.2, 0) is 4.74 Å². The van der Waals surface area contributed by atoms with Crippen LogP contribution in [0.15, 0.2) is 18.2 Å². The van der Waals surface area contributed by atoms with Crippen molar-refractivity contribution >= 4 is 17.3 Å². The minimum atomic E-state index is -0.696. The van der Waals surface area contributed by atoms with Crippen LogP contribution >= 0.6 is 11.6 Å². The second-order valence-electron chi connectivity index (χ2n) is 3.02. The zero-order chi connectivity index (χ0) is 12.7. The lowest BCUT2D eigenvalue weighted by molar-refractivity contribution is -0.386. The molecular formula is C10H11ClFNO4. The summed E-state index contributed by atoms with van der Waals surface area (Å²) in [5.74, 6) is -0.287. The van der Waals surface area contributed by atoms with Crippen LogP contribution in [0.1, 0.15) is 0 Å². The molecule has 0 atom stereocenters. The van der Waals surface area contributed by atoms with Crippen LogP contribution in [0, 0.1) is 15.9 Å². The highest BCUT2D eigenvalue weighted by molar-refractivity contribution is 6.17. The summed E-state index contributed by atoms with van der Waals surface area (Å²) in [7, 11) is 0. The molecule has 0 aliphatic carbocycles. The summed E-state index contributed by atoms with van der Waals surface area (Å²) in [6.45, 7) is 0.793. The van der Waals surface area contributed by atoms with E-state index < -0.39 is 16.4 Å². The minimum Gasteiger partial charge on any atom is -0.484 e. The number of benzene rings is 1. The van der Waals surface area contributed by atoms with Gasteiger partial charge in [0, 0.05) is 5.88 Å². The molecule has 0 aromatic heterocycles. The Kier molecular flexibility index (Phi) is 5.65. The van der Waals surface area contributed by atoms with E-state index in [0.29, 0.717) is 12.5 Å². The maximum atomic E-state index is 12.8. The molecule has 0 saturated heterocycles. The molecule has 94 valence electrons. The Hall–Kier alpha value is -1.40. The second-order valence-corrected chi connectivity index (χ2v) is 3.40. The van der Waals surface area contributed by atoms with E-state index in [0.717, 1.165) is 12.1 Å². The fourth-order valence-electron chi connectivity index (χ4n) is 1.12. The molecule has 0 amide bonds. The van der Waals surface area contributed by atoms with Crippen molar-refractivity contribution in [3.8, 4) is 5.75 Å². The molecule has 1 rings (SSSR count). The van der Waals surface area contributed by atoms with Gasteiger partial charge < -0.3 is 9.47 Å². The Morgan fingerprint density at radius 2 is 2.12 bits per heavy atom. The quantitative estimate of drug-likeness (QED) is 0.328. The SMILES string of the molecule is O=[N+]([O-])c1cc(F)ccc1OCCOCCCl. The van der Waals surface area contributed by atoms with E-state index >= 15 is 0 Å². The third kappa shape index (κ3) is 4.54. The van der Waals surface area contributed by atoms with Gasteiger partial charge in [-0.15, -0.1) is 11.6 Å². The number of nitrogens with zero attached hydrogens (tertiary/aromatic N) is 1. The van der Waals surface area contributed by atoms with E-state index in [4.69, 9.17) is 21.1 Å². The number of halogens is 2. The highest BCUT2D eigenvalue weighted by Gasteiger charge is 2.15. The van der Waals surface area contributed by atoms with Gasteiger partial charge in [-0.2, -0.15) is 0 Å². The lowest BCUT2D eigenvalue weighted by Crippen LogP contribution is -2.09. The number of ether oxygens (including phenoxy) is 2. The molecule has 0 N–H and O–H groups in total. The molecule has 0 saturated carbocycles. The zero-order valence-electron chi connectivity index (χ0n) is 8.90. The Balaban J connectivity index is 2.55. The molecule has 7 heteroatoms. The zero-order valence-corrected chi connectivity index (χ0v) is 9.65. The van der Waals surface area contributed by atoms with Crippen LogP contribution in [0.2, 0.25) is 0 Å². The Morgan fingerprint density at radius 1 is 1.35 bits per heavy atom. The van der Waals surface area contributed by atoms with E-state index in [1.165, 1.54) is 6.07 Å². The Morgan fingerprint density at radius 3 is 2.76 bits per heavy atom. The summed E-state index contributed by atoms with van der Waals surface area (Å²) < 4.78 is 22.9. The fourth-order valence-corrected chi connectivity index (χ4v) is 1.23. The molecule has 0 unspecified atom stereocenters. The monoisotopic (exact) mass is 263 g/mol. The van der Waals surface area contributed by atoms with Crippen molar-refractivity contribution in [1.29, 1.82) is 0 Å². The summed E-state index contributed by atoms with van der Waals surface area (Å²) in [4.78, 5) is 9.92. The number of hydrogen-bond acceptors (Lipinski definition) is 4. The van der Waals surface area contributed by atoms with Crippen LogP contribution < -0.4 is 4.74 Å². The van der Waals surface area contributed by atoms with Crippen LogP contribution in [0.5, 0.6) is 5.75 Å². The van der Waals surface area contributed by atoms with Gasteiger partial charge in [0.2, 0.25) is 0 Å². The van der Waals surface area contributed by atoms with Crippen LogP contribution in [-0.4, -0.2) is 30.6 Å². The van der Waals surface area contributed by atoms with E-state index in [1.54, 1.807) is 0 Å². The second kappa shape index (κ2) is 7.03. The van der Waals surface area contributed by atoms with Gasteiger partial charge in [0.1, 0.15) is 12.4 Å². The molecule has 0 spiro atoms. The number of nitro benzene ring substituents is 1. The van der Waals surface area contributed by atoms with Gasteiger partial charge in [0.05, 0.1) is 24.2 Å². The first-order chi connectivity index (χ1) is 8.15. The molecule has 5 nitrogen and oxygen atoms in total. The average Bonchev–Trinajstić information content (AvgIpc) is 2.30. The molecule has 1 aromatic carbocycles. The van der Waals surface area contributed by atoms with Crippen molar-refractivity contribution in [2.24, 2.45) is 0 Å². The maximum absolute atomic E-state index is 12.8. The molecule has 0 aliphatic rings. The molecule has 17 heavy (non-hydrogen) atoms. The third-order valence-corrected chi connectivity index (χ3v) is 1.98.